The zero-order valence-corrected chi connectivity index (χ0v) is 15.2. The third-order valence-corrected chi connectivity index (χ3v) is 5.42. The minimum atomic E-state index is -0.273. The molecule has 0 bridgehead atoms. The first-order valence-corrected chi connectivity index (χ1v) is 9.14. The number of rotatable bonds is 5. The number of benzene rings is 1. The van der Waals surface area contributed by atoms with Gasteiger partial charge in [-0.2, -0.15) is 5.26 Å². The van der Waals surface area contributed by atoms with Crippen molar-refractivity contribution >= 4 is 23.1 Å². The minimum Gasteiger partial charge on any atom is -0.410 e. The molecule has 24 heavy (non-hydrogen) atoms. The molecule has 0 spiro atoms. The van der Waals surface area contributed by atoms with Gasteiger partial charge in [-0.15, -0.1) is 21.5 Å². The van der Waals surface area contributed by atoms with Crippen LogP contribution in [0, 0.1) is 32.1 Å². The molecule has 3 aromatic rings. The van der Waals surface area contributed by atoms with Crippen molar-refractivity contribution in [2.24, 2.45) is 0 Å². The molecule has 7 heteroatoms. The summed E-state index contributed by atoms with van der Waals surface area (Å²) in [6.07, 6.45) is 0.637. The molecule has 1 atom stereocenters. The normalized spacial score (nSPS) is 12.1. The lowest BCUT2D eigenvalue weighted by Gasteiger charge is -2.06. The van der Waals surface area contributed by atoms with Crippen LogP contribution in [0.4, 0.5) is 0 Å². The van der Waals surface area contributed by atoms with E-state index in [0.29, 0.717) is 17.5 Å². The van der Waals surface area contributed by atoms with Crippen molar-refractivity contribution in [3.05, 3.63) is 46.1 Å². The fourth-order valence-corrected chi connectivity index (χ4v) is 3.88. The van der Waals surface area contributed by atoms with E-state index in [-0.39, 0.29) is 5.25 Å². The van der Waals surface area contributed by atoms with Crippen LogP contribution in [0.25, 0.3) is 10.8 Å². The fraction of sp³-hybridized carbons (Fsp3) is 0.294. The Bertz CT molecular complexity index is 877. The maximum absolute atomic E-state index is 9.41. The molecule has 0 saturated heterocycles. The van der Waals surface area contributed by atoms with Crippen LogP contribution in [-0.4, -0.2) is 20.4 Å². The maximum atomic E-state index is 9.41. The molecule has 0 N–H and O–H groups in total. The Hall–Kier alpha value is -2.17. The second kappa shape index (κ2) is 7.16. The van der Waals surface area contributed by atoms with E-state index < -0.39 is 0 Å². The molecule has 0 fully saturated rings. The van der Waals surface area contributed by atoms with Crippen molar-refractivity contribution < 1.29 is 4.42 Å². The molecule has 0 aliphatic rings. The number of aryl methyl sites for hydroxylation is 3. The van der Waals surface area contributed by atoms with Crippen molar-refractivity contribution in [1.29, 1.82) is 5.26 Å². The Labute approximate surface area is 148 Å². The first kappa shape index (κ1) is 16.7. The highest BCUT2D eigenvalue weighted by molar-refractivity contribution is 7.99. The van der Waals surface area contributed by atoms with Gasteiger partial charge in [-0.05, 0) is 44.5 Å². The highest BCUT2D eigenvalue weighted by atomic mass is 32.2. The van der Waals surface area contributed by atoms with Crippen LogP contribution in [0.15, 0.2) is 33.9 Å². The maximum Gasteiger partial charge on any atom is 0.278 e. The van der Waals surface area contributed by atoms with Gasteiger partial charge in [0, 0.05) is 0 Å². The van der Waals surface area contributed by atoms with Crippen molar-refractivity contribution in [2.75, 3.05) is 0 Å². The topological polar surface area (TPSA) is 75.6 Å². The average Bonchev–Trinajstić information content (AvgIpc) is 3.14. The Balaban J connectivity index is 1.72. The number of thiazole rings is 1. The standard InChI is InChI=1S/C17H16N4OS2/c1-10-4-6-13(7-5-10)8-14(9-18)24-17-21-20-16(22-17)15-11(2)19-12(3)23-15/h4-7,14H,8H2,1-3H3/t14-/m0/s1. The van der Waals surface area contributed by atoms with Gasteiger partial charge >= 0.3 is 0 Å². The molecule has 2 aromatic heterocycles. The summed E-state index contributed by atoms with van der Waals surface area (Å²) in [5, 5.41) is 18.7. The van der Waals surface area contributed by atoms with Gasteiger partial charge in [0.05, 0.1) is 16.8 Å². The monoisotopic (exact) mass is 356 g/mol. The van der Waals surface area contributed by atoms with E-state index in [4.69, 9.17) is 4.42 Å². The zero-order valence-electron chi connectivity index (χ0n) is 13.6. The van der Waals surface area contributed by atoms with Gasteiger partial charge in [0.2, 0.25) is 0 Å². The van der Waals surface area contributed by atoms with Gasteiger partial charge in [0.25, 0.3) is 11.1 Å². The van der Waals surface area contributed by atoms with Gasteiger partial charge in [0.1, 0.15) is 10.1 Å². The zero-order chi connectivity index (χ0) is 17.1. The molecule has 2 heterocycles. The predicted octanol–water partition coefficient (Wildman–Crippen LogP) is 4.35. The summed E-state index contributed by atoms with van der Waals surface area (Å²) < 4.78 is 5.71. The summed E-state index contributed by atoms with van der Waals surface area (Å²) >= 11 is 2.83. The Morgan fingerprint density at radius 1 is 1.21 bits per heavy atom. The number of aromatic nitrogens is 3. The molecule has 0 amide bonds. The van der Waals surface area contributed by atoms with Crippen LogP contribution < -0.4 is 0 Å². The fourth-order valence-electron chi connectivity index (χ4n) is 2.25. The lowest BCUT2D eigenvalue weighted by atomic mass is 10.1. The van der Waals surface area contributed by atoms with E-state index in [1.165, 1.54) is 28.7 Å². The molecule has 0 saturated carbocycles. The molecule has 0 unspecified atom stereocenters. The van der Waals surface area contributed by atoms with E-state index in [1.807, 2.05) is 45.0 Å². The Kier molecular flexibility index (Phi) is 4.97. The summed E-state index contributed by atoms with van der Waals surface area (Å²) in [6, 6.07) is 10.5. The van der Waals surface area contributed by atoms with E-state index in [2.05, 4.69) is 21.3 Å². The highest BCUT2D eigenvalue weighted by Gasteiger charge is 2.18. The molecule has 0 aliphatic heterocycles. The molecule has 1 aromatic carbocycles. The van der Waals surface area contributed by atoms with Crippen LogP contribution in [0.3, 0.4) is 0 Å². The lowest BCUT2D eigenvalue weighted by Crippen LogP contribution is -2.03. The third-order valence-electron chi connectivity index (χ3n) is 3.43. The second-order valence-corrected chi connectivity index (χ2v) is 7.80. The Morgan fingerprint density at radius 3 is 2.58 bits per heavy atom. The summed E-state index contributed by atoms with van der Waals surface area (Å²) in [7, 11) is 0. The number of nitrogens with zero attached hydrogens (tertiary/aromatic N) is 4. The smallest absolute Gasteiger partial charge is 0.278 e. The molecular weight excluding hydrogens is 340 g/mol. The minimum absolute atomic E-state index is 0.273. The van der Waals surface area contributed by atoms with E-state index in [1.54, 1.807) is 0 Å². The first-order chi connectivity index (χ1) is 11.5. The van der Waals surface area contributed by atoms with Crippen LogP contribution in [0.2, 0.25) is 0 Å². The number of nitriles is 1. The van der Waals surface area contributed by atoms with Gasteiger partial charge < -0.3 is 4.42 Å². The van der Waals surface area contributed by atoms with Gasteiger partial charge in [-0.3, -0.25) is 0 Å². The quantitative estimate of drug-likeness (QED) is 0.633. The second-order valence-electron chi connectivity index (χ2n) is 5.45. The van der Waals surface area contributed by atoms with E-state index in [0.717, 1.165) is 21.1 Å². The first-order valence-electron chi connectivity index (χ1n) is 7.45. The van der Waals surface area contributed by atoms with Crippen LogP contribution in [-0.2, 0) is 6.42 Å². The van der Waals surface area contributed by atoms with Crippen LogP contribution in [0.5, 0.6) is 0 Å². The molecule has 3 rings (SSSR count). The predicted molar refractivity (Wildman–Crippen MR) is 95.0 cm³/mol. The highest BCUT2D eigenvalue weighted by Crippen LogP contribution is 2.32. The van der Waals surface area contributed by atoms with Gasteiger partial charge in [0.15, 0.2) is 0 Å². The van der Waals surface area contributed by atoms with Crippen molar-refractivity contribution in [2.45, 2.75) is 37.7 Å². The molecule has 5 nitrogen and oxygen atoms in total. The summed E-state index contributed by atoms with van der Waals surface area (Å²) in [4.78, 5) is 5.26. The molecule has 0 radical (unpaired) electrons. The number of hydrogen-bond acceptors (Lipinski definition) is 7. The lowest BCUT2D eigenvalue weighted by molar-refractivity contribution is 0.466. The molecule has 0 aliphatic carbocycles. The van der Waals surface area contributed by atoms with Crippen LogP contribution >= 0.6 is 23.1 Å². The van der Waals surface area contributed by atoms with Crippen molar-refractivity contribution in [3.8, 4) is 16.8 Å². The number of hydrogen-bond donors (Lipinski definition) is 0. The molecular formula is C17H16N4OS2. The van der Waals surface area contributed by atoms with Crippen LogP contribution in [0.1, 0.15) is 21.8 Å². The summed E-state index contributed by atoms with van der Waals surface area (Å²) in [5.41, 5.74) is 3.21. The van der Waals surface area contributed by atoms with Crippen molar-refractivity contribution in [3.63, 3.8) is 0 Å². The molecule has 122 valence electrons. The van der Waals surface area contributed by atoms with Crippen molar-refractivity contribution in [1.82, 2.24) is 15.2 Å². The van der Waals surface area contributed by atoms with E-state index >= 15 is 0 Å². The Morgan fingerprint density at radius 2 is 1.96 bits per heavy atom. The largest absolute Gasteiger partial charge is 0.410 e. The van der Waals surface area contributed by atoms with Gasteiger partial charge in [-0.1, -0.05) is 29.8 Å². The third kappa shape index (κ3) is 3.83. The average molecular weight is 356 g/mol. The van der Waals surface area contributed by atoms with E-state index in [9.17, 15) is 5.26 Å². The summed E-state index contributed by atoms with van der Waals surface area (Å²) in [6.45, 7) is 5.91. The summed E-state index contributed by atoms with van der Waals surface area (Å²) in [5.74, 6) is 0.465. The number of thioether (sulfide) groups is 1. The van der Waals surface area contributed by atoms with Gasteiger partial charge in [-0.25, -0.2) is 4.98 Å². The SMILES string of the molecule is Cc1ccc(C[C@@H](C#N)Sc2nnc(-c3sc(C)nc3C)o2)cc1.